The van der Waals surface area contributed by atoms with Crippen LogP contribution in [0.15, 0.2) is 48.5 Å². The van der Waals surface area contributed by atoms with Crippen LogP contribution in [0.1, 0.15) is 67.7 Å². The summed E-state index contributed by atoms with van der Waals surface area (Å²) >= 11 is 0. The van der Waals surface area contributed by atoms with Gasteiger partial charge in [0, 0.05) is 23.1 Å². The number of ether oxygens (including phenoxy) is 2. The molecule has 0 spiro atoms. The van der Waals surface area contributed by atoms with Gasteiger partial charge in [0.05, 0.1) is 24.1 Å². The molecule has 0 amide bonds. The largest absolute Gasteiger partial charge is 0.493 e. The highest BCUT2D eigenvalue weighted by atomic mass is 19.4. The predicted molar refractivity (Wildman–Crippen MR) is 150 cm³/mol. The number of hydrogen-bond acceptors (Lipinski definition) is 7. The third-order valence-corrected chi connectivity index (χ3v) is 6.70. The van der Waals surface area contributed by atoms with E-state index in [1.807, 2.05) is 0 Å². The lowest BCUT2D eigenvalue weighted by Gasteiger charge is -2.32. The van der Waals surface area contributed by atoms with E-state index in [0.29, 0.717) is 5.56 Å². The molecule has 0 aliphatic carbocycles. The predicted octanol–water partition coefficient (Wildman–Crippen LogP) is 5.96. The molecule has 0 saturated carbocycles. The van der Waals surface area contributed by atoms with Gasteiger partial charge >= 0.3 is 6.18 Å². The van der Waals surface area contributed by atoms with Crippen LogP contribution >= 0.6 is 0 Å². The Morgan fingerprint density at radius 3 is 2.19 bits per heavy atom. The molecule has 11 heteroatoms. The van der Waals surface area contributed by atoms with Gasteiger partial charge in [-0.2, -0.15) is 13.2 Å². The summed E-state index contributed by atoms with van der Waals surface area (Å²) in [5, 5.41) is 21.1. The van der Waals surface area contributed by atoms with Gasteiger partial charge in [0.1, 0.15) is 12.4 Å². The van der Waals surface area contributed by atoms with Crippen LogP contribution in [-0.2, 0) is 11.1 Å². The second-order valence-electron chi connectivity index (χ2n) is 11.6. The van der Waals surface area contributed by atoms with Crippen molar-refractivity contribution in [1.29, 1.82) is 0 Å². The Labute approximate surface area is 242 Å². The average molecular weight is 593 g/mol. The minimum atomic E-state index is -5.21. The van der Waals surface area contributed by atoms with Gasteiger partial charge in [0.25, 0.3) is 0 Å². The number of aromatic nitrogens is 1. The third-order valence-electron chi connectivity index (χ3n) is 6.70. The van der Waals surface area contributed by atoms with Crippen LogP contribution in [0.4, 0.5) is 17.6 Å². The number of Topliss-reactive ketones (excluding diaryl/α,β-unsaturated/α-hetero) is 1. The summed E-state index contributed by atoms with van der Waals surface area (Å²) in [6, 6.07) is 10.7. The van der Waals surface area contributed by atoms with E-state index in [9.17, 15) is 32.6 Å². The highest BCUT2D eigenvalue weighted by Crippen LogP contribution is 2.43. The molecule has 3 rings (SSSR count). The molecular weight excluding hydrogens is 556 g/mol. The highest BCUT2D eigenvalue weighted by molar-refractivity contribution is 5.96. The Balaban J connectivity index is 1.99. The van der Waals surface area contributed by atoms with Crippen molar-refractivity contribution in [2.24, 2.45) is 5.73 Å². The van der Waals surface area contributed by atoms with Gasteiger partial charge in [-0.25, -0.2) is 9.37 Å². The number of alkyl halides is 3. The van der Waals surface area contributed by atoms with Crippen molar-refractivity contribution in [1.82, 2.24) is 4.98 Å². The lowest BCUT2D eigenvalue weighted by atomic mass is 9.86. The fraction of sp³-hybridized carbons (Fsp3) is 0.419. The van der Waals surface area contributed by atoms with E-state index in [-0.39, 0.29) is 40.5 Å². The number of rotatable bonds is 11. The van der Waals surface area contributed by atoms with E-state index >= 15 is 0 Å². The second kappa shape index (κ2) is 12.0. The average Bonchev–Trinajstić information content (AvgIpc) is 2.89. The summed E-state index contributed by atoms with van der Waals surface area (Å²) in [4.78, 5) is 17.2. The molecule has 1 heterocycles. The number of carbonyl (C=O) groups excluding carboxylic acids is 1. The molecule has 0 bridgehead atoms. The Morgan fingerprint density at radius 1 is 0.976 bits per heavy atom. The fourth-order valence-corrected chi connectivity index (χ4v) is 4.13. The first kappa shape index (κ1) is 33.0. The molecule has 0 fully saturated rings. The molecule has 0 aliphatic heterocycles. The fourth-order valence-electron chi connectivity index (χ4n) is 4.13. The van der Waals surface area contributed by atoms with Crippen LogP contribution in [0.25, 0.3) is 11.3 Å². The maximum absolute atomic E-state index is 14.5. The van der Waals surface area contributed by atoms with E-state index < -0.39 is 53.1 Å². The van der Waals surface area contributed by atoms with Crippen LogP contribution in [0.3, 0.4) is 0 Å². The molecule has 42 heavy (non-hydrogen) atoms. The number of methoxy groups -OCH3 is 1. The van der Waals surface area contributed by atoms with E-state index in [4.69, 9.17) is 15.2 Å². The van der Waals surface area contributed by atoms with Gasteiger partial charge in [0.15, 0.2) is 17.3 Å². The quantitative estimate of drug-likeness (QED) is 0.186. The molecular formula is C31H36F4N2O5. The van der Waals surface area contributed by atoms with E-state index in [1.54, 1.807) is 27.7 Å². The van der Waals surface area contributed by atoms with Crippen molar-refractivity contribution < 1.29 is 42.0 Å². The highest BCUT2D eigenvalue weighted by Gasteiger charge is 2.56. The van der Waals surface area contributed by atoms with Gasteiger partial charge in [-0.1, -0.05) is 0 Å². The third kappa shape index (κ3) is 7.64. The normalized spacial score (nSPS) is 13.9. The number of hydrogen-bond donors (Lipinski definition) is 3. The lowest BCUT2D eigenvalue weighted by molar-refractivity contribution is -0.270. The number of nitrogens with two attached hydrogens (primary N) is 1. The van der Waals surface area contributed by atoms with Crippen molar-refractivity contribution in [2.45, 2.75) is 70.4 Å². The topological polar surface area (TPSA) is 115 Å². The number of aliphatic hydroxyl groups is 2. The number of aryl methyl sites for hydroxylation is 1. The van der Waals surface area contributed by atoms with E-state index in [1.165, 1.54) is 56.5 Å². The maximum atomic E-state index is 14.5. The summed E-state index contributed by atoms with van der Waals surface area (Å²) in [7, 11) is 1.33. The number of halogens is 4. The standard InChI is InChI=1S/C31H36F4N2O5/c1-18-13-19(7-9-22(18)32)23-15-21(29(4,5)36)16-27(37-23)30(40,31(33,34)35)12-11-24(38)20-8-10-25(26(14-20)41-6)42-17-28(2,3)39/h7-10,13-16,39-40H,11-12,17,36H2,1-6H3. The first-order chi connectivity index (χ1) is 19.2. The maximum Gasteiger partial charge on any atom is 0.422 e. The van der Waals surface area contributed by atoms with Gasteiger partial charge in [-0.15, -0.1) is 0 Å². The number of nitrogens with zero attached hydrogens (tertiary/aromatic N) is 1. The second-order valence-corrected chi connectivity index (χ2v) is 11.6. The Bertz CT molecular complexity index is 1440. The van der Waals surface area contributed by atoms with Crippen molar-refractivity contribution in [3.63, 3.8) is 0 Å². The Kier molecular flexibility index (Phi) is 9.41. The summed E-state index contributed by atoms with van der Waals surface area (Å²) in [6.07, 6.45) is -6.93. The molecule has 2 aromatic carbocycles. The number of carbonyl (C=O) groups is 1. The summed E-state index contributed by atoms with van der Waals surface area (Å²) < 4.78 is 68.3. The molecule has 0 saturated heterocycles. The van der Waals surface area contributed by atoms with Crippen molar-refractivity contribution in [2.75, 3.05) is 13.7 Å². The van der Waals surface area contributed by atoms with Crippen LogP contribution in [0, 0.1) is 12.7 Å². The minimum absolute atomic E-state index is 0.0410. The zero-order valence-corrected chi connectivity index (χ0v) is 24.4. The number of pyridine rings is 1. The van der Waals surface area contributed by atoms with Gasteiger partial charge in [-0.3, -0.25) is 4.79 Å². The molecule has 1 atom stereocenters. The van der Waals surface area contributed by atoms with Crippen LogP contribution in [0.2, 0.25) is 0 Å². The van der Waals surface area contributed by atoms with Crippen molar-refractivity contribution in [3.05, 3.63) is 76.7 Å². The smallest absolute Gasteiger partial charge is 0.422 e. The molecule has 228 valence electrons. The van der Waals surface area contributed by atoms with E-state index in [2.05, 4.69) is 4.98 Å². The summed E-state index contributed by atoms with van der Waals surface area (Å²) in [5.41, 5.74) is 0.679. The Morgan fingerprint density at radius 2 is 1.64 bits per heavy atom. The summed E-state index contributed by atoms with van der Waals surface area (Å²) in [6.45, 7) is 7.70. The lowest BCUT2D eigenvalue weighted by Crippen LogP contribution is -2.44. The Hall–Kier alpha value is -3.54. The van der Waals surface area contributed by atoms with Crippen LogP contribution in [-0.4, -0.2) is 46.5 Å². The molecule has 0 radical (unpaired) electrons. The molecule has 0 aliphatic rings. The zero-order valence-electron chi connectivity index (χ0n) is 24.4. The van der Waals surface area contributed by atoms with E-state index in [0.717, 1.165) is 6.07 Å². The molecule has 4 N–H and O–H groups in total. The van der Waals surface area contributed by atoms with Crippen LogP contribution in [0.5, 0.6) is 11.5 Å². The first-order valence-electron chi connectivity index (χ1n) is 13.2. The summed E-state index contributed by atoms with van der Waals surface area (Å²) in [5.74, 6) is -0.797. The SMILES string of the molecule is COc1cc(C(=O)CCC(O)(c2cc(C(C)(C)N)cc(-c3ccc(F)c(C)c3)n2)C(F)(F)F)ccc1OCC(C)(C)O. The van der Waals surface area contributed by atoms with Gasteiger partial charge in [0.2, 0.25) is 5.60 Å². The molecule has 1 aromatic heterocycles. The van der Waals surface area contributed by atoms with Crippen molar-refractivity contribution in [3.8, 4) is 22.8 Å². The minimum Gasteiger partial charge on any atom is -0.493 e. The molecule has 3 aromatic rings. The monoisotopic (exact) mass is 592 g/mol. The van der Waals surface area contributed by atoms with Crippen molar-refractivity contribution >= 4 is 5.78 Å². The van der Waals surface area contributed by atoms with Crippen LogP contribution < -0.4 is 15.2 Å². The number of benzene rings is 2. The zero-order chi connectivity index (χ0) is 31.7. The number of ketones is 1. The first-order valence-corrected chi connectivity index (χ1v) is 13.2. The molecule has 1 unspecified atom stereocenters. The van der Waals surface area contributed by atoms with Gasteiger partial charge in [-0.05, 0) is 101 Å². The van der Waals surface area contributed by atoms with Gasteiger partial charge < -0.3 is 25.4 Å². The molecule has 7 nitrogen and oxygen atoms in total.